The highest BCUT2D eigenvalue weighted by molar-refractivity contribution is 7.99. The number of esters is 1. The van der Waals surface area contributed by atoms with Crippen molar-refractivity contribution in [2.45, 2.75) is 37.2 Å². The number of hydrogen-bond donors (Lipinski definition) is 2. The van der Waals surface area contributed by atoms with Gasteiger partial charge in [0.25, 0.3) is 0 Å². The monoisotopic (exact) mass is 406 g/mol. The number of rotatable bonds is 8. The van der Waals surface area contributed by atoms with Crippen molar-refractivity contribution in [2.24, 2.45) is 0 Å². The number of amides is 1. The Kier molecular flexibility index (Phi) is 6.88. The number of hydrogen-bond acceptors (Lipinski definition) is 7. The zero-order chi connectivity index (χ0) is 19.9. The number of ether oxygens (including phenoxy) is 2. The number of carbonyl (C=O) groups is 2. The lowest BCUT2D eigenvalue weighted by Gasteiger charge is -2.11. The van der Waals surface area contributed by atoms with Crippen LogP contribution in [0.15, 0.2) is 34.2 Å². The summed E-state index contributed by atoms with van der Waals surface area (Å²) in [6, 6.07) is 6.81. The van der Waals surface area contributed by atoms with E-state index in [1.807, 2.05) is 0 Å². The molecule has 0 unspecified atom stereocenters. The zero-order valence-corrected chi connectivity index (χ0v) is 16.3. The van der Waals surface area contributed by atoms with Crippen LogP contribution in [-0.2, 0) is 27.4 Å². The molecule has 3 rings (SSSR count). The Morgan fingerprint density at radius 1 is 1.39 bits per heavy atom. The molecule has 9 nitrogen and oxygen atoms in total. The van der Waals surface area contributed by atoms with Crippen LogP contribution in [0.25, 0.3) is 0 Å². The SMILES string of the molecule is COC(=O)c1ccc(CNC(=O)CSc2n[nH]c(=O)n2C[C@H]2CCCO2)cc1. The van der Waals surface area contributed by atoms with Crippen LogP contribution in [0.4, 0.5) is 0 Å². The fourth-order valence-electron chi connectivity index (χ4n) is 2.82. The standard InChI is InChI=1S/C18H22N4O5S/c1-26-16(24)13-6-4-12(5-7-13)9-19-15(23)11-28-18-21-20-17(25)22(18)10-14-3-2-8-27-14/h4-7,14H,2-3,8-11H2,1H3,(H,19,23)(H,20,25)/t14-/m1/s1. The molecule has 28 heavy (non-hydrogen) atoms. The van der Waals surface area contributed by atoms with Gasteiger partial charge in [-0.3, -0.25) is 9.36 Å². The molecule has 1 aromatic heterocycles. The van der Waals surface area contributed by atoms with Gasteiger partial charge >= 0.3 is 11.7 Å². The van der Waals surface area contributed by atoms with Crippen molar-refractivity contribution < 1.29 is 19.1 Å². The predicted molar refractivity (Wildman–Crippen MR) is 102 cm³/mol. The van der Waals surface area contributed by atoms with E-state index in [4.69, 9.17) is 4.74 Å². The molecule has 0 bridgehead atoms. The van der Waals surface area contributed by atoms with Gasteiger partial charge in [-0.15, -0.1) is 5.10 Å². The molecule has 1 aliphatic heterocycles. The van der Waals surface area contributed by atoms with Gasteiger partial charge in [-0.05, 0) is 30.5 Å². The van der Waals surface area contributed by atoms with E-state index in [0.29, 0.717) is 30.4 Å². The van der Waals surface area contributed by atoms with Crippen molar-refractivity contribution in [1.29, 1.82) is 0 Å². The maximum Gasteiger partial charge on any atom is 0.344 e. The molecular formula is C18H22N4O5S. The second-order valence-corrected chi connectivity index (χ2v) is 7.25. The maximum atomic E-state index is 12.1. The highest BCUT2D eigenvalue weighted by Crippen LogP contribution is 2.18. The van der Waals surface area contributed by atoms with Crippen molar-refractivity contribution in [2.75, 3.05) is 19.5 Å². The Bertz CT molecular complexity index is 871. The summed E-state index contributed by atoms with van der Waals surface area (Å²) in [6.07, 6.45) is 1.91. The van der Waals surface area contributed by atoms with E-state index in [0.717, 1.165) is 18.4 Å². The number of benzene rings is 1. The van der Waals surface area contributed by atoms with Crippen LogP contribution in [0.3, 0.4) is 0 Å². The average molecular weight is 406 g/mol. The third kappa shape index (κ3) is 5.23. The molecule has 2 aromatic rings. The predicted octanol–water partition coefficient (Wildman–Crippen LogP) is 0.945. The molecule has 2 N–H and O–H groups in total. The van der Waals surface area contributed by atoms with E-state index < -0.39 is 5.97 Å². The minimum absolute atomic E-state index is 0.0106. The Morgan fingerprint density at radius 3 is 2.86 bits per heavy atom. The third-order valence-electron chi connectivity index (χ3n) is 4.33. The smallest absolute Gasteiger partial charge is 0.344 e. The Balaban J connectivity index is 1.48. The second kappa shape index (κ2) is 9.56. The number of thioether (sulfide) groups is 1. The summed E-state index contributed by atoms with van der Waals surface area (Å²) in [7, 11) is 1.33. The van der Waals surface area contributed by atoms with Crippen LogP contribution in [0.1, 0.15) is 28.8 Å². The van der Waals surface area contributed by atoms with Gasteiger partial charge in [0.15, 0.2) is 5.16 Å². The zero-order valence-electron chi connectivity index (χ0n) is 15.5. The summed E-state index contributed by atoms with van der Waals surface area (Å²) >= 11 is 1.20. The molecule has 0 spiro atoms. The van der Waals surface area contributed by atoms with E-state index in [2.05, 4.69) is 20.3 Å². The normalized spacial score (nSPS) is 16.1. The number of carbonyl (C=O) groups excluding carboxylic acids is 2. The number of aromatic amines is 1. The molecule has 1 atom stereocenters. The molecule has 1 fully saturated rings. The van der Waals surface area contributed by atoms with E-state index in [-0.39, 0.29) is 23.5 Å². The molecule has 1 aliphatic rings. The van der Waals surface area contributed by atoms with Crippen molar-refractivity contribution >= 4 is 23.6 Å². The van der Waals surface area contributed by atoms with Gasteiger partial charge in [-0.2, -0.15) is 0 Å². The summed E-state index contributed by atoms with van der Waals surface area (Å²) in [5.41, 5.74) is 1.01. The van der Waals surface area contributed by atoms with Crippen molar-refractivity contribution in [3.8, 4) is 0 Å². The molecule has 1 amide bonds. The molecule has 0 radical (unpaired) electrons. The maximum absolute atomic E-state index is 12.1. The van der Waals surface area contributed by atoms with E-state index in [1.165, 1.54) is 23.4 Å². The van der Waals surface area contributed by atoms with Gasteiger partial charge in [0.05, 0.1) is 31.1 Å². The Morgan fingerprint density at radius 2 is 2.18 bits per heavy atom. The van der Waals surface area contributed by atoms with Crippen molar-refractivity contribution in [3.63, 3.8) is 0 Å². The Labute approximate surface area is 165 Å². The summed E-state index contributed by atoms with van der Waals surface area (Å²) in [5, 5.41) is 9.69. The number of nitrogens with zero attached hydrogens (tertiary/aromatic N) is 2. The average Bonchev–Trinajstić information content (AvgIpc) is 3.35. The first-order valence-corrected chi connectivity index (χ1v) is 9.89. The lowest BCUT2D eigenvalue weighted by molar-refractivity contribution is -0.118. The van der Waals surface area contributed by atoms with Gasteiger partial charge in [0.1, 0.15) is 0 Å². The Hall–Kier alpha value is -2.59. The van der Waals surface area contributed by atoms with Crippen LogP contribution in [-0.4, -0.2) is 52.2 Å². The highest BCUT2D eigenvalue weighted by Gasteiger charge is 2.20. The van der Waals surface area contributed by atoms with Crippen molar-refractivity contribution in [3.05, 3.63) is 45.9 Å². The first kappa shape index (κ1) is 20.2. The summed E-state index contributed by atoms with van der Waals surface area (Å²) in [4.78, 5) is 35.5. The number of methoxy groups -OCH3 is 1. The lowest BCUT2D eigenvalue weighted by atomic mass is 10.1. The van der Waals surface area contributed by atoms with E-state index >= 15 is 0 Å². The molecule has 0 saturated carbocycles. The van der Waals surface area contributed by atoms with E-state index in [1.54, 1.807) is 24.3 Å². The molecule has 1 saturated heterocycles. The molecule has 150 valence electrons. The first-order chi connectivity index (χ1) is 13.6. The minimum atomic E-state index is -0.403. The molecule has 2 heterocycles. The van der Waals surface area contributed by atoms with Crippen LogP contribution in [0.2, 0.25) is 0 Å². The highest BCUT2D eigenvalue weighted by atomic mass is 32.2. The van der Waals surface area contributed by atoms with Gasteiger partial charge in [-0.1, -0.05) is 23.9 Å². The van der Waals surface area contributed by atoms with Gasteiger partial charge in [0.2, 0.25) is 5.91 Å². The minimum Gasteiger partial charge on any atom is -0.465 e. The summed E-state index contributed by atoms with van der Waals surface area (Å²) in [5.74, 6) is -0.447. The second-order valence-electron chi connectivity index (χ2n) is 6.31. The van der Waals surface area contributed by atoms with Crippen LogP contribution >= 0.6 is 11.8 Å². The quantitative estimate of drug-likeness (QED) is 0.495. The number of nitrogens with one attached hydrogen (secondary N) is 2. The topological polar surface area (TPSA) is 115 Å². The first-order valence-electron chi connectivity index (χ1n) is 8.90. The van der Waals surface area contributed by atoms with Crippen molar-refractivity contribution in [1.82, 2.24) is 20.1 Å². The van der Waals surface area contributed by atoms with Crippen LogP contribution in [0, 0.1) is 0 Å². The fraction of sp³-hybridized carbons (Fsp3) is 0.444. The molecule has 1 aromatic carbocycles. The summed E-state index contributed by atoms with van der Waals surface area (Å²) in [6.45, 7) is 1.48. The number of H-pyrrole nitrogens is 1. The third-order valence-corrected chi connectivity index (χ3v) is 5.31. The van der Waals surface area contributed by atoms with Crippen LogP contribution < -0.4 is 11.0 Å². The molecular weight excluding hydrogens is 384 g/mol. The van der Waals surface area contributed by atoms with Crippen LogP contribution in [0.5, 0.6) is 0 Å². The molecule has 10 heteroatoms. The largest absolute Gasteiger partial charge is 0.465 e. The number of aromatic nitrogens is 3. The van der Waals surface area contributed by atoms with Gasteiger partial charge < -0.3 is 14.8 Å². The molecule has 0 aliphatic carbocycles. The van der Waals surface area contributed by atoms with E-state index in [9.17, 15) is 14.4 Å². The fourth-order valence-corrected chi connectivity index (χ4v) is 3.61. The van der Waals surface area contributed by atoms with Gasteiger partial charge in [0, 0.05) is 13.2 Å². The van der Waals surface area contributed by atoms with Gasteiger partial charge in [-0.25, -0.2) is 14.7 Å². The lowest BCUT2D eigenvalue weighted by Crippen LogP contribution is -2.26. The summed E-state index contributed by atoms with van der Waals surface area (Å²) < 4.78 is 11.7.